The second-order valence-corrected chi connectivity index (χ2v) is 5.74. The molecule has 0 aliphatic carbocycles. The van der Waals surface area contributed by atoms with Crippen molar-refractivity contribution in [3.8, 4) is 5.75 Å². The molecule has 0 aliphatic heterocycles. The van der Waals surface area contributed by atoms with Crippen molar-refractivity contribution in [1.29, 1.82) is 0 Å². The van der Waals surface area contributed by atoms with Gasteiger partial charge in [-0.05, 0) is 29.3 Å². The fourth-order valence-corrected chi connectivity index (χ4v) is 2.41. The molecule has 1 heterocycles. The van der Waals surface area contributed by atoms with Crippen molar-refractivity contribution in [2.45, 2.75) is 6.61 Å². The van der Waals surface area contributed by atoms with E-state index in [1.807, 2.05) is 54.6 Å². The smallest absolute Gasteiger partial charge is 0.250 e. The number of ether oxygens (including phenoxy) is 1. The van der Waals surface area contributed by atoms with Crippen LogP contribution in [0.2, 0.25) is 0 Å². The molecular weight excluding hydrogens is 322 g/mol. The van der Waals surface area contributed by atoms with E-state index in [0.29, 0.717) is 11.7 Å². The van der Waals surface area contributed by atoms with Gasteiger partial charge in [0.05, 0.1) is 0 Å². The van der Waals surface area contributed by atoms with Crippen LogP contribution in [0, 0.1) is 0 Å². The Hall–Kier alpha value is -2.99. The molecule has 24 heavy (non-hydrogen) atoms. The summed E-state index contributed by atoms with van der Waals surface area (Å²) in [6, 6.07) is 17.5. The van der Waals surface area contributed by atoms with Crippen LogP contribution in [0.25, 0.3) is 6.08 Å². The lowest BCUT2D eigenvalue weighted by molar-refractivity contribution is -0.111. The molecule has 0 aliphatic rings. The zero-order valence-electron chi connectivity index (χ0n) is 12.8. The fourth-order valence-electron chi connectivity index (χ4n) is 1.96. The molecule has 0 saturated heterocycles. The highest BCUT2D eigenvalue weighted by Crippen LogP contribution is 2.15. The van der Waals surface area contributed by atoms with Gasteiger partial charge in [0.2, 0.25) is 11.0 Å². The molecule has 0 saturated carbocycles. The number of amides is 1. The number of nitrogens with zero attached hydrogens (tertiary/aromatic N) is 2. The van der Waals surface area contributed by atoms with Gasteiger partial charge in [-0.15, -0.1) is 10.2 Å². The Bertz CT molecular complexity index is 800. The number of hydrogen-bond donors (Lipinski definition) is 1. The lowest BCUT2D eigenvalue weighted by Crippen LogP contribution is -2.07. The van der Waals surface area contributed by atoms with Gasteiger partial charge in [0, 0.05) is 6.08 Å². The molecule has 0 atom stereocenters. The van der Waals surface area contributed by atoms with Crippen LogP contribution in [0.4, 0.5) is 5.13 Å². The van der Waals surface area contributed by atoms with Gasteiger partial charge in [-0.3, -0.25) is 10.1 Å². The average Bonchev–Trinajstić information content (AvgIpc) is 3.13. The molecule has 0 unspecified atom stereocenters. The minimum Gasteiger partial charge on any atom is -0.489 e. The van der Waals surface area contributed by atoms with Crippen molar-refractivity contribution in [3.05, 3.63) is 77.3 Å². The third-order valence-electron chi connectivity index (χ3n) is 3.15. The lowest BCUT2D eigenvalue weighted by Gasteiger charge is -2.06. The highest BCUT2D eigenvalue weighted by Gasteiger charge is 2.00. The Morgan fingerprint density at radius 3 is 2.62 bits per heavy atom. The van der Waals surface area contributed by atoms with E-state index in [9.17, 15) is 4.79 Å². The van der Waals surface area contributed by atoms with Crippen LogP contribution < -0.4 is 10.1 Å². The van der Waals surface area contributed by atoms with E-state index in [0.717, 1.165) is 16.9 Å². The molecule has 3 aromatic rings. The van der Waals surface area contributed by atoms with Crippen LogP contribution in [0.3, 0.4) is 0 Å². The Morgan fingerprint density at radius 2 is 1.92 bits per heavy atom. The van der Waals surface area contributed by atoms with E-state index in [1.165, 1.54) is 17.4 Å². The van der Waals surface area contributed by atoms with Crippen LogP contribution in [-0.4, -0.2) is 16.1 Å². The van der Waals surface area contributed by atoms with E-state index in [4.69, 9.17) is 4.74 Å². The first-order valence-corrected chi connectivity index (χ1v) is 8.19. The molecule has 0 bridgehead atoms. The van der Waals surface area contributed by atoms with Gasteiger partial charge in [0.25, 0.3) is 0 Å². The Balaban J connectivity index is 1.52. The number of aromatic nitrogens is 2. The van der Waals surface area contributed by atoms with Crippen LogP contribution in [0.1, 0.15) is 11.1 Å². The topological polar surface area (TPSA) is 64.1 Å². The molecule has 2 aromatic carbocycles. The molecule has 1 amide bonds. The SMILES string of the molecule is O=C(/C=C/c1ccc(OCc2ccccc2)cc1)Nc1nncs1. The summed E-state index contributed by atoms with van der Waals surface area (Å²) >= 11 is 1.27. The van der Waals surface area contributed by atoms with Crippen molar-refractivity contribution >= 4 is 28.5 Å². The molecular formula is C18H15N3O2S. The normalized spacial score (nSPS) is 10.7. The highest BCUT2D eigenvalue weighted by molar-refractivity contribution is 7.13. The van der Waals surface area contributed by atoms with Crippen LogP contribution >= 0.6 is 11.3 Å². The number of carbonyl (C=O) groups is 1. The van der Waals surface area contributed by atoms with Crippen LogP contribution in [0.5, 0.6) is 5.75 Å². The van der Waals surface area contributed by atoms with Crippen LogP contribution in [0.15, 0.2) is 66.2 Å². The zero-order chi connectivity index (χ0) is 16.6. The first-order chi connectivity index (χ1) is 11.8. The fraction of sp³-hybridized carbons (Fsp3) is 0.0556. The molecule has 0 fully saturated rings. The number of benzene rings is 2. The van der Waals surface area contributed by atoms with E-state index in [1.54, 1.807) is 11.6 Å². The number of nitrogens with one attached hydrogen (secondary N) is 1. The number of anilines is 1. The van der Waals surface area contributed by atoms with E-state index in [2.05, 4.69) is 15.5 Å². The van der Waals surface area contributed by atoms with Gasteiger partial charge in [-0.1, -0.05) is 53.8 Å². The highest BCUT2D eigenvalue weighted by atomic mass is 32.1. The van der Waals surface area contributed by atoms with E-state index < -0.39 is 0 Å². The minimum atomic E-state index is -0.240. The molecule has 120 valence electrons. The summed E-state index contributed by atoms with van der Waals surface area (Å²) in [5.74, 6) is 0.547. The molecule has 5 nitrogen and oxygen atoms in total. The summed E-state index contributed by atoms with van der Waals surface area (Å²) < 4.78 is 5.73. The molecule has 0 spiro atoms. The molecule has 1 aromatic heterocycles. The lowest BCUT2D eigenvalue weighted by atomic mass is 10.2. The summed E-state index contributed by atoms with van der Waals surface area (Å²) in [5.41, 5.74) is 3.59. The van der Waals surface area contributed by atoms with Crippen LogP contribution in [-0.2, 0) is 11.4 Å². The second kappa shape index (κ2) is 8.03. The van der Waals surface area contributed by atoms with Crippen molar-refractivity contribution in [3.63, 3.8) is 0 Å². The number of carbonyl (C=O) groups excluding carboxylic acids is 1. The maximum Gasteiger partial charge on any atom is 0.250 e. The van der Waals surface area contributed by atoms with Gasteiger partial charge in [0.1, 0.15) is 17.9 Å². The third kappa shape index (κ3) is 4.76. The average molecular weight is 337 g/mol. The maximum atomic E-state index is 11.7. The Labute approximate surface area is 143 Å². The maximum absolute atomic E-state index is 11.7. The summed E-state index contributed by atoms with van der Waals surface area (Å²) in [6.45, 7) is 0.528. The van der Waals surface area contributed by atoms with Gasteiger partial charge >= 0.3 is 0 Å². The van der Waals surface area contributed by atoms with E-state index in [-0.39, 0.29) is 5.91 Å². The van der Waals surface area contributed by atoms with Gasteiger partial charge in [-0.2, -0.15) is 0 Å². The minimum absolute atomic E-state index is 0.240. The van der Waals surface area contributed by atoms with Gasteiger partial charge in [0.15, 0.2) is 0 Å². The summed E-state index contributed by atoms with van der Waals surface area (Å²) in [4.78, 5) is 11.7. The van der Waals surface area contributed by atoms with Gasteiger partial charge < -0.3 is 4.74 Å². The van der Waals surface area contributed by atoms with Crippen molar-refractivity contribution in [1.82, 2.24) is 10.2 Å². The van der Waals surface area contributed by atoms with Crippen molar-refractivity contribution in [2.24, 2.45) is 0 Å². The third-order valence-corrected chi connectivity index (χ3v) is 3.75. The molecule has 1 N–H and O–H groups in total. The van der Waals surface area contributed by atoms with Crippen molar-refractivity contribution in [2.75, 3.05) is 5.32 Å². The number of hydrogen-bond acceptors (Lipinski definition) is 5. The van der Waals surface area contributed by atoms with Gasteiger partial charge in [-0.25, -0.2) is 0 Å². The first kappa shape index (κ1) is 15.9. The Morgan fingerprint density at radius 1 is 1.12 bits per heavy atom. The Kier molecular flexibility index (Phi) is 5.32. The molecule has 3 rings (SSSR count). The van der Waals surface area contributed by atoms with E-state index >= 15 is 0 Å². The quantitative estimate of drug-likeness (QED) is 0.696. The summed E-state index contributed by atoms with van der Waals surface area (Å²) in [6.07, 6.45) is 3.19. The van der Waals surface area contributed by atoms with Crippen molar-refractivity contribution < 1.29 is 9.53 Å². The predicted molar refractivity (Wildman–Crippen MR) is 94.8 cm³/mol. The predicted octanol–water partition coefficient (Wildman–Crippen LogP) is 3.77. The molecule has 0 radical (unpaired) electrons. The standard InChI is InChI=1S/C18H15N3O2S/c22-17(20-18-21-19-13-24-18)11-8-14-6-9-16(10-7-14)23-12-15-4-2-1-3-5-15/h1-11,13H,12H2,(H,20,21,22)/b11-8+. The zero-order valence-corrected chi connectivity index (χ0v) is 13.6. The monoisotopic (exact) mass is 337 g/mol. The first-order valence-electron chi connectivity index (χ1n) is 7.31. The number of rotatable bonds is 6. The summed E-state index contributed by atoms with van der Waals surface area (Å²) in [7, 11) is 0. The largest absolute Gasteiger partial charge is 0.489 e. The summed E-state index contributed by atoms with van der Waals surface area (Å²) in [5, 5.41) is 10.5. The second-order valence-electron chi connectivity index (χ2n) is 4.91. The molecule has 6 heteroatoms.